The molecular weight excluding hydrogens is 328 g/mol. The second-order valence-corrected chi connectivity index (χ2v) is 4.25. The molecule has 0 saturated carbocycles. The standard InChI is InChI=1S/C13H11F3N2O3.K/c1-7-3-4-9(10(5-7)21-2)18-11(20)8(6-19)17-12(18)13(14,15)16;/h3-6,19H,1-2H3;/q;+1/p-1/b8-6+;. The van der Waals surface area contributed by atoms with E-state index in [1.807, 2.05) is 0 Å². The Morgan fingerprint density at radius 3 is 2.50 bits per heavy atom. The number of amidine groups is 1. The predicted octanol–water partition coefficient (Wildman–Crippen LogP) is -1.48. The number of carbonyl (C=O) groups is 1. The molecule has 1 aromatic rings. The summed E-state index contributed by atoms with van der Waals surface area (Å²) in [5.41, 5.74) is -0.182. The topological polar surface area (TPSA) is 65.0 Å². The molecule has 1 amide bonds. The van der Waals surface area contributed by atoms with Crippen molar-refractivity contribution in [3.8, 4) is 5.75 Å². The number of amides is 1. The summed E-state index contributed by atoms with van der Waals surface area (Å²) < 4.78 is 44.0. The number of rotatable bonds is 2. The molecular formula is C13H10F3KN2O3. The first-order valence-electron chi connectivity index (χ1n) is 5.76. The third kappa shape index (κ3) is 3.54. The van der Waals surface area contributed by atoms with Crippen LogP contribution in [0.5, 0.6) is 5.75 Å². The van der Waals surface area contributed by atoms with Crippen LogP contribution in [0.25, 0.3) is 0 Å². The van der Waals surface area contributed by atoms with Crippen molar-refractivity contribution in [3.05, 3.63) is 35.7 Å². The van der Waals surface area contributed by atoms with Crippen molar-refractivity contribution in [1.82, 2.24) is 0 Å². The number of carbonyl (C=O) groups excluding carboxylic acids is 1. The summed E-state index contributed by atoms with van der Waals surface area (Å²) in [6, 6.07) is 4.31. The molecule has 0 saturated heterocycles. The van der Waals surface area contributed by atoms with E-state index in [1.54, 1.807) is 6.92 Å². The van der Waals surface area contributed by atoms with Gasteiger partial charge < -0.3 is 9.84 Å². The molecule has 0 fully saturated rings. The largest absolute Gasteiger partial charge is 1.00 e. The van der Waals surface area contributed by atoms with Gasteiger partial charge in [0.05, 0.1) is 12.8 Å². The summed E-state index contributed by atoms with van der Waals surface area (Å²) in [6.45, 7) is 1.72. The normalized spacial score (nSPS) is 16.6. The zero-order chi connectivity index (χ0) is 15.8. The van der Waals surface area contributed by atoms with Crippen molar-refractivity contribution in [2.24, 2.45) is 4.99 Å². The Morgan fingerprint density at radius 2 is 2.00 bits per heavy atom. The fourth-order valence-corrected chi connectivity index (χ4v) is 1.88. The predicted molar refractivity (Wildman–Crippen MR) is 66.8 cm³/mol. The number of aliphatic imine (C=N–C) groups is 1. The minimum absolute atomic E-state index is 0. The number of halogens is 3. The van der Waals surface area contributed by atoms with Gasteiger partial charge in [-0.25, -0.2) is 4.99 Å². The van der Waals surface area contributed by atoms with Crippen LogP contribution in [0.1, 0.15) is 5.56 Å². The molecule has 1 heterocycles. The molecule has 0 unspecified atom stereocenters. The quantitative estimate of drug-likeness (QED) is 0.375. The Bertz CT molecular complexity index is 656. The maximum atomic E-state index is 13.0. The van der Waals surface area contributed by atoms with Crippen molar-refractivity contribution < 1.29 is 79.2 Å². The first kappa shape index (κ1) is 19.2. The van der Waals surface area contributed by atoms with E-state index in [9.17, 15) is 23.1 Å². The van der Waals surface area contributed by atoms with E-state index in [1.165, 1.54) is 25.3 Å². The van der Waals surface area contributed by atoms with Crippen LogP contribution in [-0.4, -0.2) is 25.0 Å². The van der Waals surface area contributed by atoms with Gasteiger partial charge in [0.1, 0.15) is 11.4 Å². The average molecular weight is 338 g/mol. The van der Waals surface area contributed by atoms with Crippen molar-refractivity contribution >= 4 is 17.4 Å². The first-order chi connectivity index (χ1) is 9.79. The van der Waals surface area contributed by atoms with E-state index >= 15 is 0 Å². The van der Waals surface area contributed by atoms with Crippen molar-refractivity contribution in [1.29, 1.82) is 0 Å². The van der Waals surface area contributed by atoms with Crippen LogP contribution in [0.3, 0.4) is 0 Å². The number of alkyl halides is 3. The summed E-state index contributed by atoms with van der Waals surface area (Å²) in [7, 11) is 1.27. The Labute approximate surface area is 166 Å². The third-order valence-electron chi connectivity index (χ3n) is 2.80. The SMILES string of the molecule is COc1cc(C)ccc1N1C(=O)/C(=C\[O-])N=C1C(F)(F)F.[K+]. The Kier molecular flexibility index (Phi) is 6.22. The molecule has 0 aliphatic carbocycles. The van der Waals surface area contributed by atoms with E-state index in [2.05, 4.69) is 4.99 Å². The number of ether oxygens (including phenoxy) is 1. The molecule has 1 aliphatic rings. The van der Waals surface area contributed by atoms with E-state index in [-0.39, 0.29) is 69.1 Å². The molecule has 0 atom stereocenters. The minimum atomic E-state index is -4.88. The summed E-state index contributed by atoms with van der Waals surface area (Å²) in [6.07, 6.45) is -4.88. The number of nitrogens with zero attached hydrogens (tertiary/aromatic N) is 2. The van der Waals surface area contributed by atoms with Crippen LogP contribution in [0.2, 0.25) is 0 Å². The maximum Gasteiger partial charge on any atom is 1.00 e. The smallest absolute Gasteiger partial charge is 0.876 e. The van der Waals surface area contributed by atoms with E-state index in [0.717, 1.165) is 5.56 Å². The monoisotopic (exact) mass is 338 g/mol. The fraction of sp³-hybridized carbons (Fsp3) is 0.231. The number of hydrogen-bond donors (Lipinski definition) is 0. The number of methoxy groups -OCH3 is 1. The average Bonchev–Trinajstić information content (AvgIpc) is 2.75. The van der Waals surface area contributed by atoms with Gasteiger partial charge >= 0.3 is 57.6 Å². The first-order valence-corrected chi connectivity index (χ1v) is 5.76. The number of benzene rings is 1. The van der Waals surface area contributed by atoms with Crippen molar-refractivity contribution in [2.45, 2.75) is 13.1 Å². The van der Waals surface area contributed by atoms with E-state index in [4.69, 9.17) is 4.74 Å². The van der Waals surface area contributed by atoms with Gasteiger partial charge in [-0.15, -0.1) is 6.26 Å². The van der Waals surface area contributed by atoms with Gasteiger partial charge in [-0.1, -0.05) is 6.07 Å². The van der Waals surface area contributed by atoms with Gasteiger partial charge in [-0.05, 0) is 24.6 Å². The van der Waals surface area contributed by atoms with Crippen LogP contribution < -0.4 is 66.1 Å². The van der Waals surface area contributed by atoms with Crippen LogP contribution in [0.15, 0.2) is 35.2 Å². The van der Waals surface area contributed by atoms with Gasteiger partial charge in [0, 0.05) is 0 Å². The van der Waals surface area contributed by atoms with Crippen LogP contribution in [-0.2, 0) is 4.79 Å². The zero-order valence-corrected chi connectivity index (χ0v) is 15.2. The molecule has 0 bridgehead atoms. The molecule has 1 aromatic carbocycles. The number of aryl methyl sites for hydroxylation is 1. The van der Waals surface area contributed by atoms with Crippen molar-refractivity contribution in [2.75, 3.05) is 12.0 Å². The second kappa shape index (κ2) is 7.13. The Balaban J connectivity index is 0.00000242. The molecule has 5 nitrogen and oxygen atoms in total. The molecule has 0 N–H and O–H groups in total. The summed E-state index contributed by atoms with van der Waals surface area (Å²) in [4.78, 5) is 15.3. The Hall–Kier alpha value is -0.874. The van der Waals surface area contributed by atoms with Gasteiger partial charge in [0.2, 0.25) is 5.84 Å². The number of anilines is 1. The number of hydrogen-bond acceptors (Lipinski definition) is 4. The minimum Gasteiger partial charge on any atom is -0.876 e. The van der Waals surface area contributed by atoms with Crippen LogP contribution in [0.4, 0.5) is 18.9 Å². The van der Waals surface area contributed by atoms with Crippen LogP contribution >= 0.6 is 0 Å². The maximum absolute atomic E-state index is 13.0. The second-order valence-electron chi connectivity index (χ2n) is 4.25. The van der Waals surface area contributed by atoms with Crippen molar-refractivity contribution in [3.63, 3.8) is 0 Å². The fourth-order valence-electron chi connectivity index (χ4n) is 1.88. The molecule has 22 heavy (non-hydrogen) atoms. The molecule has 2 rings (SSSR count). The summed E-state index contributed by atoms with van der Waals surface area (Å²) in [5, 5.41) is 10.7. The van der Waals surface area contributed by atoms with E-state index < -0.39 is 23.6 Å². The molecule has 1 aliphatic heterocycles. The molecule has 9 heteroatoms. The third-order valence-corrected chi connectivity index (χ3v) is 2.80. The van der Waals surface area contributed by atoms with Gasteiger partial charge in [-0.2, -0.15) is 13.2 Å². The molecule has 0 aromatic heterocycles. The van der Waals surface area contributed by atoms with Gasteiger partial charge in [0.15, 0.2) is 0 Å². The van der Waals surface area contributed by atoms with Crippen LogP contribution in [0, 0.1) is 6.92 Å². The Morgan fingerprint density at radius 1 is 1.36 bits per heavy atom. The van der Waals surface area contributed by atoms with E-state index in [0.29, 0.717) is 4.90 Å². The molecule has 0 radical (unpaired) electrons. The summed E-state index contributed by atoms with van der Waals surface area (Å²) in [5.74, 6) is -2.52. The zero-order valence-electron chi connectivity index (χ0n) is 12.1. The molecule has 112 valence electrons. The van der Waals surface area contributed by atoms with Gasteiger partial charge in [0.25, 0.3) is 5.91 Å². The van der Waals surface area contributed by atoms with Gasteiger partial charge in [-0.3, -0.25) is 9.69 Å². The summed E-state index contributed by atoms with van der Waals surface area (Å²) >= 11 is 0. The molecule has 0 spiro atoms.